The molecular weight excluding hydrogens is 482 g/mol. The van der Waals surface area contributed by atoms with Crippen LogP contribution in [0, 0.1) is 24.1 Å². The van der Waals surface area contributed by atoms with Crippen LogP contribution in [0.15, 0.2) is 41.5 Å². The predicted octanol–water partition coefficient (Wildman–Crippen LogP) is 3.35. The quantitative estimate of drug-likeness (QED) is 0.377. The third-order valence-electron chi connectivity index (χ3n) is 4.91. The summed E-state index contributed by atoms with van der Waals surface area (Å²) in [4.78, 5) is 11.0. The Morgan fingerprint density at radius 3 is 2.66 bits per heavy atom. The van der Waals surface area contributed by atoms with Crippen LogP contribution in [0.25, 0.3) is 0 Å². The second kappa shape index (κ2) is 11.0. The second-order valence-electron chi connectivity index (χ2n) is 6.94. The van der Waals surface area contributed by atoms with Crippen LogP contribution in [0.5, 0.6) is 0 Å². The van der Waals surface area contributed by atoms with Gasteiger partial charge in [0.15, 0.2) is 5.96 Å². The summed E-state index contributed by atoms with van der Waals surface area (Å²) in [5, 5.41) is 15.4. The Balaban J connectivity index is 0.00000300. The normalized spacial score (nSPS) is 14.7. The fourth-order valence-electron chi connectivity index (χ4n) is 3.23. The maximum atomic E-state index is 14.0. The van der Waals surface area contributed by atoms with Crippen molar-refractivity contribution in [2.24, 2.45) is 4.99 Å². The predicted molar refractivity (Wildman–Crippen MR) is 124 cm³/mol. The molecule has 0 aliphatic carbocycles. The largest absolute Gasteiger partial charge is 0.356 e. The number of nitriles is 1. The fourth-order valence-corrected chi connectivity index (χ4v) is 3.23. The summed E-state index contributed by atoms with van der Waals surface area (Å²) in [5.74, 6) is 1.28. The average molecular weight is 508 g/mol. The summed E-state index contributed by atoms with van der Waals surface area (Å²) in [6, 6.07) is 10.9. The molecule has 2 heterocycles. The number of hydrogen-bond donors (Lipinski definition) is 2. The Kier molecular flexibility index (Phi) is 8.64. The minimum atomic E-state index is -0.388. The van der Waals surface area contributed by atoms with Gasteiger partial charge in [0.25, 0.3) is 0 Å². The number of nitrogens with one attached hydrogen (secondary N) is 2. The van der Waals surface area contributed by atoms with E-state index in [4.69, 9.17) is 5.26 Å². The molecule has 1 fully saturated rings. The van der Waals surface area contributed by atoms with Gasteiger partial charge in [-0.05, 0) is 43.5 Å². The fraction of sp³-hybridized carbons (Fsp3) is 0.381. The van der Waals surface area contributed by atoms with Gasteiger partial charge in [-0.15, -0.1) is 24.0 Å². The molecule has 8 heteroatoms. The molecule has 1 aromatic heterocycles. The molecule has 6 nitrogen and oxygen atoms in total. The highest BCUT2D eigenvalue weighted by atomic mass is 127. The van der Waals surface area contributed by atoms with E-state index in [2.05, 4.69) is 37.6 Å². The van der Waals surface area contributed by atoms with E-state index in [-0.39, 0.29) is 29.8 Å². The van der Waals surface area contributed by atoms with E-state index in [9.17, 15) is 4.39 Å². The number of anilines is 1. The maximum Gasteiger partial charge on any atom is 0.191 e. The molecule has 154 valence electrons. The third kappa shape index (κ3) is 6.29. The van der Waals surface area contributed by atoms with E-state index in [1.165, 1.54) is 6.07 Å². The highest BCUT2D eigenvalue weighted by molar-refractivity contribution is 14.0. The molecule has 0 radical (unpaired) electrons. The van der Waals surface area contributed by atoms with Crippen molar-refractivity contribution in [3.63, 3.8) is 0 Å². The van der Waals surface area contributed by atoms with Crippen LogP contribution >= 0.6 is 24.0 Å². The lowest BCUT2D eigenvalue weighted by Gasteiger charge is -2.33. The van der Waals surface area contributed by atoms with E-state index in [1.807, 2.05) is 19.2 Å². The van der Waals surface area contributed by atoms with Gasteiger partial charge in [0.1, 0.15) is 11.6 Å². The number of nitrogens with zero attached hydrogens (tertiary/aromatic N) is 4. The van der Waals surface area contributed by atoms with Gasteiger partial charge < -0.3 is 15.5 Å². The number of aryl methyl sites for hydroxylation is 1. The molecule has 1 aromatic carbocycles. The number of guanidine groups is 1. The number of rotatable bonds is 4. The van der Waals surface area contributed by atoms with E-state index in [1.54, 1.807) is 19.2 Å². The number of aromatic nitrogens is 1. The summed E-state index contributed by atoms with van der Waals surface area (Å²) < 4.78 is 14.0. The van der Waals surface area contributed by atoms with E-state index >= 15 is 0 Å². The topological polar surface area (TPSA) is 76.3 Å². The zero-order valence-corrected chi connectivity index (χ0v) is 19.0. The van der Waals surface area contributed by atoms with Crippen molar-refractivity contribution in [2.45, 2.75) is 32.4 Å². The molecule has 1 saturated heterocycles. The summed E-state index contributed by atoms with van der Waals surface area (Å²) in [6.07, 6.45) is 3.84. The van der Waals surface area contributed by atoms with E-state index in [0.717, 1.165) is 37.3 Å². The Hall–Kier alpha value is -2.41. The monoisotopic (exact) mass is 508 g/mol. The molecule has 2 aromatic rings. The summed E-state index contributed by atoms with van der Waals surface area (Å²) >= 11 is 0. The highest BCUT2D eigenvalue weighted by Gasteiger charge is 2.21. The molecule has 0 atom stereocenters. The van der Waals surface area contributed by atoms with Gasteiger partial charge in [-0.1, -0.05) is 12.1 Å². The number of pyridine rings is 1. The van der Waals surface area contributed by atoms with Gasteiger partial charge in [-0.3, -0.25) is 4.99 Å². The zero-order valence-electron chi connectivity index (χ0n) is 16.7. The summed E-state index contributed by atoms with van der Waals surface area (Å²) in [7, 11) is 1.70. The van der Waals surface area contributed by atoms with Crippen LogP contribution in [-0.2, 0) is 6.54 Å². The van der Waals surface area contributed by atoms with Crippen molar-refractivity contribution in [1.29, 1.82) is 5.26 Å². The lowest BCUT2D eigenvalue weighted by Crippen LogP contribution is -2.48. The molecular formula is C21H26FIN6. The number of aliphatic imine (C=N–C) groups is 1. The van der Waals surface area contributed by atoms with Crippen molar-refractivity contribution < 1.29 is 4.39 Å². The smallest absolute Gasteiger partial charge is 0.191 e. The van der Waals surface area contributed by atoms with Crippen LogP contribution < -0.4 is 15.5 Å². The number of halogens is 2. The standard InChI is InChI=1S/C21H25FN6.HI/c1-15-3-6-20(25-13-15)28-9-7-18(8-10-28)27-21(24-2)26-14-17-5-4-16(12-23)11-19(17)22;/h3-6,11,13,18H,7-10,14H2,1-2H3,(H2,24,26,27);1H. The Morgan fingerprint density at radius 2 is 2.07 bits per heavy atom. The van der Waals surface area contributed by atoms with Gasteiger partial charge in [-0.25, -0.2) is 9.37 Å². The first kappa shape index (κ1) is 22.9. The number of benzene rings is 1. The molecule has 1 aliphatic heterocycles. The van der Waals surface area contributed by atoms with E-state index in [0.29, 0.717) is 29.7 Å². The lowest BCUT2D eigenvalue weighted by atomic mass is 10.1. The first-order valence-electron chi connectivity index (χ1n) is 9.42. The van der Waals surface area contributed by atoms with Gasteiger partial charge in [0, 0.05) is 44.5 Å². The van der Waals surface area contributed by atoms with Crippen LogP contribution in [0.1, 0.15) is 29.5 Å². The second-order valence-corrected chi connectivity index (χ2v) is 6.94. The Morgan fingerprint density at radius 1 is 1.31 bits per heavy atom. The molecule has 0 saturated carbocycles. The van der Waals surface area contributed by atoms with Crippen LogP contribution in [-0.4, -0.2) is 37.1 Å². The SMILES string of the molecule is CN=C(NCc1ccc(C#N)cc1F)NC1CCN(c2ccc(C)cn2)CC1.I. The average Bonchev–Trinajstić information content (AvgIpc) is 2.73. The molecule has 3 rings (SSSR count). The zero-order chi connectivity index (χ0) is 19.9. The first-order chi connectivity index (χ1) is 13.6. The van der Waals surface area contributed by atoms with Crippen molar-refractivity contribution in [2.75, 3.05) is 25.0 Å². The molecule has 0 amide bonds. The first-order valence-corrected chi connectivity index (χ1v) is 9.42. The summed E-state index contributed by atoms with van der Waals surface area (Å²) in [6.45, 7) is 4.20. The Bertz CT molecular complexity index is 870. The van der Waals surface area contributed by atoms with Crippen LogP contribution in [0.2, 0.25) is 0 Å². The van der Waals surface area contributed by atoms with Gasteiger partial charge in [0.2, 0.25) is 0 Å². The molecule has 0 spiro atoms. The van der Waals surface area contributed by atoms with Gasteiger partial charge in [0.05, 0.1) is 11.6 Å². The molecule has 0 unspecified atom stereocenters. The molecule has 1 aliphatic rings. The Labute approximate surface area is 188 Å². The van der Waals surface area contributed by atoms with Gasteiger partial charge >= 0.3 is 0 Å². The van der Waals surface area contributed by atoms with Crippen molar-refractivity contribution in [3.8, 4) is 6.07 Å². The summed E-state index contributed by atoms with van der Waals surface area (Å²) in [5.41, 5.74) is 1.98. The van der Waals surface area contributed by atoms with Crippen LogP contribution in [0.4, 0.5) is 10.2 Å². The van der Waals surface area contributed by atoms with Crippen molar-refractivity contribution >= 4 is 35.8 Å². The molecule has 0 bridgehead atoms. The van der Waals surface area contributed by atoms with E-state index < -0.39 is 0 Å². The van der Waals surface area contributed by atoms with Crippen molar-refractivity contribution in [1.82, 2.24) is 15.6 Å². The minimum Gasteiger partial charge on any atom is -0.356 e. The molecule has 2 N–H and O–H groups in total. The number of hydrogen-bond acceptors (Lipinski definition) is 4. The highest BCUT2D eigenvalue weighted by Crippen LogP contribution is 2.18. The minimum absolute atomic E-state index is 0. The lowest BCUT2D eigenvalue weighted by molar-refractivity contribution is 0.459. The molecule has 29 heavy (non-hydrogen) atoms. The van der Waals surface area contributed by atoms with Gasteiger partial charge in [-0.2, -0.15) is 5.26 Å². The number of piperidine rings is 1. The van der Waals surface area contributed by atoms with Crippen LogP contribution in [0.3, 0.4) is 0 Å². The van der Waals surface area contributed by atoms with Crippen molar-refractivity contribution in [3.05, 3.63) is 59.0 Å². The third-order valence-corrected chi connectivity index (χ3v) is 4.91. The maximum absolute atomic E-state index is 14.0.